The van der Waals surface area contributed by atoms with Crippen molar-refractivity contribution < 1.29 is 0 Å². The van der Waals surface area contributed by atoms with E-state index in [9.17, 15) is 0 Å². The molecule has 0 aromatic carbocycles. The van der Waals surface area contributed by atoms with Gasteiger partial charge in [-0.15, -0.1) is 0 Å². The van der Waals surface area contributed by atoms with E-state index in [0.29, 0.717) is 0 Å². The van der Waals surface area contributed by atoms with Crippen LogP contribution in [-0.2, 0) is 0 Å². The minimum absolute atomic E-state index is 0.958. The molecule has 4 saturated carbocycles. The Morgan fingerprint density at radius 3 is 2.00 bits per heavy atom. The molecule has 0 nitrogen and oxygen atoms in total. The van der Waals surface area contributed by atoms with Crippen molar-refractivity contribution in [3.8, 4) is 0 Å². The first-order chi connectivity index (χ1) is 3.45. The molecule has 0 aliphatic heterocycles. The number of rotatable bonds is 0. The average Bonchev–Trinajstić information content (AvgIpc) is 2.10. The lowest BCUT2D eigenvalue weighted by atomic mass is 10.1. The highest BCUT2D eigenvalue weighted by Gasteiger charge is 2.62. The largest absolute Gasteiger partial charge is 0.0464 e. The summed E-state index contributed by atoms with van der Waals surface area (Å²) in [5.41, 5.74) is 0. The quantitative estimate of drug-likeness (QED) is 0.422. The fraction of sp³-hybridized carbons (Fsp3) is 0.714. The van der Waals surface area contributed by atoms with Crippen molar-refractivity contribution in [3.05, 3.63) is 12.8 Å². The third-order valence-electron chi connectivity index (χ3n) is 2.78. The van der Waals surface area contributed by atoms with Crippen LogP contribution in [0.5, 0.6) is 0 Å². The molecule has 4 bridgehead atoms. The zero-order valence-corrected chi connectivity index (χ0v) is 4.17. The first kappa shape index (κ1) is 3.11. The van der Waals surface area contributed by atoms with E-state index in [1.165, 1.54) is 6.42 Å². The Bertz CT molecular complexity index is 87.4. The summed E-state index contributed by atoms with van der Waals surface area (Å²) in [6.07, 6.45) is 6.58. The van der Waals surface area contributed by atoms with Crippen molar-refractivity contribution >= 4 is 0 Å². The topological polar surface area (TPSA) is 0 Å². The molecule has 2 unspecified atom stereocenters. The molecule has 2 atom stereocenters. The lowest BCUT2D eigenvalue weighted by molar-refractivity contribution is 0.740. The zero-order valence-electron chi connectivity index (χ0n) is 4.17. The summed E-state index contributed by atoms with van der Waals surface area (Å²) in [7, 11) is 0. The molecule has 0 aromatic rings. The summed E-state index contributed by atoms with van der Waals surface area (Å²) in [5, 5.41) is 0. The second kappa shape index (κ2) is 0.667. The fourth-order valence-corrected chi connectivity index (χ4v) is 2.39. The average molecular weight is 92.1 g/mol. The highest BCUT2D eigenvalue weighted by Crippen LogP contribution is 2.69. The van der Waals surface area contributed by atoms with Crippen LogP contribution in [-0.4, -0.2) is 0 Å². The second-order valence-corrected chi connectivity index (χ2v) is 3.10. The van der Waals surface area contributed by atoms with Gasteiger partial charge in [-0.3, -0.25) is 0 Å². The Labute approximate surface area is 43.9 Å². The lowest BCUT2D eigenvalue weighted by Crippen LogP contribution is -1.81. The van der Waals surface area contributed by atoms with Gasteiger partial charge in [0.15, 0.2) is 0 Å². The molecule has 0 N–H and O–H groups in total. The molecule has 7 heavy (non-hydrogen) atoms. The van der Waals surface area contributed by atoms with Gasteiger partial charge in [0.05, 0.1) is 0 Å². The van der Waals surface area contributed by atoms with E-state index < -0.39 is 0 Å². The van der Waals surface area contributed by atoms with E-state index in [4.69, 9.17) is 0 Å². The minimum atomic E-state index is 0.958. The molecule has 0 saturated heterocycles. The van der Waals surface area contributed by atoms with E-state index >= 15 is 0 Å². The fourth-order valence-electron chi connectivity index (χ4n) is 2.39. The van der Waals surface area contributed by atoms with Gasteiger partial charge in [0.1, 0.15) is 0 Å². The lowest BCUT2D eigenvalue weighted by Gasteiger charge is -1.90. The SMILES string of the molecule is [CH]1C2[CH]C3C1C3C2. The van der Waals surface area contributed by atoms with Gasteiger partial charge in [0, 0.05) is 0 Å². The van der Waals surface area contributed by atoms with Crippen molar-refractivity contribution in [2.45, 2.75) is 6.42 Å². The van der Waals surface area contributed by atoms with Crippen molar-refractivity contribution in [2.75, 3.05) is 0 Å². The third kappa shape index (κ3) is 0.198. The van der Waals surface area contributed by atoms with Gasteiger partial charge in [0.2, 0.25) is 0 Å². The molecule has 36 valence electrons. The molecular formula is C7H8. The van der Waals surface area contributed by atoms with Crippen LogP contribution in [0.1, 0.15) is 6.42 Å². The monoisotopic (exact) mass is 92.1 g/mol. The number of hydrogen-bond acceptors (Lipinski definition) is 0. The van der Waals surface area contributed by atoms with Crippen LogP contribution in [0.3, 0.4) is 0 Å². The van der Waals surface area contributed by atoms with Crippen molar-refractivity contribution in [3.63, 3.8) is 0 Å². The summed E-state index contributed by atoms with van der Waals surface area (Å²) in [5.74, 6) is 4.25. The van der Waals surface area contributed by atoms with Crippen LogP contribution in [0.4, 0.5) is 0 Å². The minimum Gasteiger partial charge on any atom is -0.0464 e. The molecule has 0 spiro atoms. The molecule has 0 heterocycles. The third-order valence-corrected chi connectivity index (χ3v) is 2.78. The molecule has 4 rings (SSSR count). The second-order valence-electron chi connectivity index (χ2n) is 3.10. The van der Waals surface area contributed by atoms with Gasteiger partial charge in [0.25, 0.3) is 0 Å². The summed E-state index contributed by atoms with van der Waals surface area (Å²) in [6, 6.07) is 0. The Balaban J connectivity index is 2.17. The number of hydrogen-bond donors (Lipinski definition) is 0. The van der Waals surface area contributed by atoms with Gasteiger partial charge in [-0.1, -0.05) is 0 Å². The van der Waals surface area contributed by atoms with Crippen LogP contribution in [0.2, 0.25) is 0 Å². The van der Waals surface area contributed by atoms with Gasteiger partial charge < -0.3 is 0 Å². The molecular weight excluding hydrogens is 84.1 g/mol. The molecule has 4 aliphatic rings. The molecule has 0 heteroatoms. The maximum Gasteiger partial charge on any atom is -0.0315 e. The zero-order chi connectivity index (χ0) is 4.43. The van der Waals surface area contributed by atoms with Gasteiger partial charge in [-0.2, -0.15) is 0 Å². The molecule has 4 aliphatic carbocycles. The summed E-state index contributed by atoms with van der Waals surface area (Å²) >= 11 is 0. The first-order valence-electron chi connectivity index (χ1n) is 3.15. The van der Waals surface area contributed by atoms with Gasteiger partial charge in [-0.05, 0) is 42.9 Å². The Kier molecular flexibility index (Phi) is 0.296. The van der Waals surface area contributed by atoms with Gasteiger partial charge >= 0.3 is 0 Å². The van der Waals surface area contributed by atoms with Crippen molar-refractivity contribution in [1.29, 1.82) is 0 Å². The molecule has 0 aromatic heterocycles. The summed E-state index contributed by atoms with van der Waals surface area (Å²) < 4.78 is 0. The first-order valence-corrected chi connectivity index (χ1v) is 3.15. The standard InChI is InChI=1S/C7H8/c1-4-2-6-5(1)7(6)3-4/h1-2,4-7H,3H2. The molecule has 0 amide bonds. The summed E-state index contributed by atoms with van der Waals surface area (Å²) in [4.78, 5) is 0. The highest BCUT2D eigenvalue weighted by atomic mass is 14.7. The highest BCUT2D eigenvalue weighted by molar-refractivity contribution is 5.28. The smallest absolute Gasteiger partial charge is 0.0315 e. The van der Waals surface area contributed by atoms with Crippen molar-refractivity contribution in [2.24, 2.45) is 23.7 Å². The van der Waals surface area contributed by atoms with Gasteiger partial charge in [-0.25, -0.2) is 0 Å². The van der Waals surface area contributed by atoms with Crippen LogP contribution in [0.25, 0.3) is 0 Å². The predicted molar refractivity (Wildman–Crippen MR) is 27.2 cm³/mol. The summed E-state index contributed by atoms with van der Waals surface area (Å²) in [6.45, 7) is 0. The predicted octanol–water partition coefficient (Wildman–Crippen LogP) is 1.29. The van der Waals surface area contributed by atoms with Crippen LogP contribution in [0.15, 0.2) is 0 Å². The Morgan fingerprint density at radius 2 is 1.86 bits per heavy atom. The Hall–Kier alpha value is 0. The van der Waals surface area contributed by atoms with Crippen molar-refractivity contribution in [1.82, 2.24) is 0 Å². The van der Waals surface area contributed by atoms with E-state index in [2.05, 4.69) is 12.8 Å². The maximum absolute atomic E-state index is 2.54. The van der Waals surface area contributed by atoms with E-state index in [-0.39, 0.29) is 0 Å². The van der Waals surface area contributed by atoms with Crippen LogP contribution >= 0.6 is 0 Å². The molecule has 4 fully saturated rings. The van der Waals surface area contributed by atoms with Crippen LogP contribution in [0, 0.1) is 36.5 Å². The maximum atomic E-state index is 2.54. The van der Waals surface area contributed by atoms with E-state index in [0.717, 1.165) is 23.7 Å². The normalized spacial score (nSPS) is 72.0. The Morgan fingerprint density at radius 1 is 1.14 bits per heavy atom. The van der Waals surface area contributed by atoms with E-state index in [1.807, 2.05) is 0 Å². The van der Waals surface area contributed by atoms with Crippen LogP contribution < -0.4 is 0 Å². The van der Waals surface area contributed by atoms with E-state index in [1.54, 1.807) is 0 Å². The molecule has 2 radical (unpaired) electrons.